The molecule has 0 saturated heterocycles. The maximum Gasteiger partial charge on any atom is 0.257 e. The number of aromatic amines is 1. The van der Waals surface area contributed by atoms with Crippen LogP contribution in [-0.2, 0) is 14.8 Å². The van der Waals surface area contributed by atoms with Crippen LogP contribution in [0.2, 0.25) is 5.02 Å². The lowest BCUT2D eigenvalue weighted by molar-refractivity contribution is -0.133. The highest BCUT2D eigenvalue weighted by Crippen LogP contribution is 2.43. The average Bonchev–Trinajstić information content (AvgIpc) is 2.91. The van der Waals surface area contributed by atoms with Crippen LogP contribution in [-0.4, -0.2) is 30.9 Å². The molecule has 1 saturated carbocycles. The van der Waals surface area contributed by atoms with Crippen LogP contribution in [0.15, 0.2) is 23.2 Å². The van der Waals surface area contributed by atoms with Gasteiger partial charge in [0.25, 0.3) is 10.0 Å². The van der Waals surface area contributed by atoms with Crippen LogP contribution in [0.5, 0.6) is 0 Å². The molecule has 11 heteroatoms. The van der Waals surface area contributed by atoms with Gasteiger partial charge in [0.1, 0.15) is 17.7 Å². The molecule has 1 aromatic carbocycles. The third-order valence-corrected chi connectivity index (χ3v) is 5.52. The second-order valence-corrected chi connectivity index (χ2v) is 8.50. The molecule has 1 fully saturated rings. The Bertz CT molecular complexity index is 957. The van der Waals surface area contributed by atoms with Gasteiger partial charge in [-0.05, 0) is 30.5 Å². The Morgan fingerprint density at radius 2 is 2.11 bits per heavy atom. The van der Waals surface area contributed by atoms with Crippen molar-refractivity contribution in [3.05, 3.63) is 46.1 Å². The van der Waals surface area contributed by atoms with E-state index in [1.807, 2.05) is 0 Å². The van der Waals surface area contributed by atoms with Gasteiger partial charge < -0.3 is 9.72 Å². The summed E-state index contributed by atoms with van der Waals surface area (Å²) in [7, 11) is -4.07. The molecule has 2 aromatic rings. The summed E-state index contributed by atoms with van der Waals surface area (Å²) in [6.45, 7) is 1.47. The van der Waals surface area contributed by atoms with E-state index in [4.69, 9.17) is 21.5 Å². The molecule has 0 aliphatic heterocycles. The van der Waals surface area contributed by atoms with Crippen LogP contribution in [0, 0.1) is 18.7 Å². The fraction of sp³-hybridized carbons (Fsp3) is 0.438. The van der Waals surface area contributed by atoms with Crippen molar-refractivity contribution in [1.82, 2.24) is 9.97 Å². The van der Waals surface area contributed by atoms with Crippen LogP contribution in [0.4, 0.5) is 13.2 Å². The lowest BCUT2D eigenvalue weighted by Gasteiger charge is -2.35. The third kappa shape index (κ3) is 4.45. The fourth-order valence-corrected chi connectivity index (χ4v) is 3.90. The minimum atomic E-state index is -4.07. The molecule has 3 rings (SSSR count). The highest BCUT2D eigenvalue weighted by Gasteiger charge is 2.45. The lowest BCUT2D eigenvalue weighted by Crippen LogP contribution is -2.38. The van der Waals surface area contributed by atoms with Gasteiger partial charge in [-0.15, -0.1) is 0 Å². The number of nitrogens with two attached hydrogens (primary N) is 1. The van der Waals surface area contributed by atoms with Gasteiger partial charge in [0.15, 0.2) is 5.03 Å². The van der Waals surface area contributed by atoms with Crippen LogP contribution in [0.3, 0.4) is 0 Å². The number of sulfonamides is 1. The Balaban J connectivity index is 1.91. The lowest BCUT2D eigenvalue weighted by atomic mass is 9.82. The van der Waals surface area contributed by atoms with Gasteiger partial charge in [-0.1, -0.05) is 17.7 Å². The number of hydrogen-bond acceptors (Lipinski definition) is 4. The van der Waals surface area contributed by atoms with Crippen LogP contribution in [0.1, 0.15) is 36.0 Å². The quantitative estimate of drug-likeness (QED) is 0.744. The number of halogens is 4. The number of primary sulfonamides is 1. The number of ether oxygens (including phenoxy) is 1. The van der Waals surface area contributed by atoms with E-state index in [2.05, 4.69) is 9.97 Å². The summed E-state index contributed by atoms with van der Waals surface area (Å²) in [4.78, 5) is 6.76. The number of hydrogen-bond donors (Lipinski definition) is 2. The minimum Gasteiger partial charge on any atom is -0.365 e. The normalized spacial score (nSPS) is 18.3. The van der Waals surface area contributed by atoms with Crippen LogP contribution < -0.4 is 5.14 Å². The van der Waals surface area contributed by atoms with Gasteiger partial charge in [0.2, 0.25) is 5.92 Å². The number of aryl methyl sites for hydroxylation is 1. The second kappa shape index (κ2) is 7.08. The first kappa shape index (κ1) is 20.1. The van der Waals surface area contributed by atoms with Gasteiger partial charge in [-0.2, -0.15) is 0 Å². The topological polar surface area (TPSA) is 98.1 Å². The summed E-state index contributed by atoms with van der Waals surface area (Å²) < 4.78 is 68.5. The van der Waals surface area contributed by atoms with Crippen molar-refractivity contribution in [2.75, 3.05) is 6.61 Å². The third-order valence-electron chi connectivity index (χ3n) is 4.30. The predicted octanol–water partition coefficient (Wildman–Crippen LogP) is 3.31. The fourth-order valence-electron chi connectivity index (χ4n) is 3.01. The maximum absolute atomic E-state index is 13.5. The molecular formula is C16H17ClF3N3O3S. The summed E-state index contributed by atoms with van der Waals surface area (Å²) in [6, 6.07) is 3.84. The molecule has 1 heterocycles. The van der Waals surface area contributed by atoms with Gasteiger partial charge in [-0.3, -0.25) is 0 Å². The molecule has 0 bridgehead atoms. The zero-order valence-electron chi connectivity index (χ0n) is 14.2. The molecule has 3 N–H and O–H groups in total. The van der Waals surface area contributed by atoms with E-state index in [-0.39, 0.29) is 46.9 Å². The van der Waals surface area contributed by atoms with Crippen molar-refractivity contribution in [1.29, 1.82) is 0 Å². The summed E-state index contributed by atoms with van der Waals surface area (Å²) >= 11 is 5.82. The van der Waals surface area contributed by atoms with E-state index in [1.165, 1.54) is 19.1 Å². The smallest absolute Gasteiger partial charge is 0.257 e. The number of aromatic nitrogens is 2. The van der Waals surface area contributed by atoms with Gasteiger partial charge >= 0.3 is 0 Å². The molecule has 1 aliphatic carbocycles. The largest absolute Gasteiger partial charge is 0.365 e. The van der Waals surface area contributed by atoms with Crippen molar-refractivity contribution in [2.45, 2.75) is 36.8 Å². The number of imidazole rings is 1. The highest BCUT2D eigenvalue weighted by molar-refractivity contribution is 7.89. The molecule has 6 nitrogen and oxygen atoms in total. The van der Waals surface area contributed by atoms with Crippen LogP contribution in [0.25, 0.3) is 0 Å². The van der Waals surface area contributed by atoms with Crippen molar-refractivity contribution in [3.8, 4) is 0 Å². The Hall–Kier alpha value is -1.62. The molecule has 1 atom stereocenters. The Labute approximate surface area is 158 Å². The number of H-pyrrole nitrogens is 1. The molecule has 1 aliphatic rings. The van der Waals surface area contributed by atoms with Gasteiger partial charge in [-0.25, -0.2) is 31.7 Å². The molecule has 148 valence electrons. The SMILES string of the molecule is Cc1[nH]c(C(OCC2CC(F)(F)C2)c2ccc(F)c(Cl)c2)nc1S(N)(=O)=O. The Morgan fingerprint density at radius 1 is 1.44 bits per heavy atom. The standard InChI is InChI=1S/C16H17ClF3N3O3S/c1-8-15(27(21,24)25)23-14(22-8)13(10-2-3-12(18)11(17)4-10)26-7-9-5-16(19,20)6-9/h2-4,9,13H,5-7H2,1H3,(H,22,23)(H2,21,24,25). The monoisotopic (exact) mass is 423 g/mol. The summed E-state index contributed by atoms with van der Waals surface area (Å²) in [6.07, 6.45) is -1.53. The van der Waals surface area contributed by atoms with E-state index in [9.17, 15) is 21.6 Å². The summed E-state index contributed by atoms with van der Waals surface area (Å²) in [5.74, 6) is -3.57. The predicted molar refractivity (Wildman–Crippen MR) is 91.6 cm³/mol. The molecule has 0 spiro atoms. The van der Waals surface area contributed by atoms with Crippen molar-refractivity contribution in [3.63, 3.8) is 0 Å². The highest BCUT2D eigenvalue weighted by atomic mass is 35.5. The molecule has 1 unspecified atom stereocenters. The van der Waals surface area contributed by atoms with Gasteiger partial charge in [0.05, 0.1) is 17.3 Å². The van der Waals surface area contributed by atoms with Crippen LogP contribution >= 0.6 is 11.6 Å². The van der Waals surface area contributed by atoms with E-state index < -0.39 is 27.9 Å². The summed E-state index contributed by atoms with van der Waals surface area (Å²) in [5, 5.41) is 4.62. The minimum absolute atomic E-state index is 0.000290. The molecule has 1 aromatic heterocycles. The molecule has 0 radical (unpaired) electrons. The number of benzene rings is 1. The van der Waals surface area contributed by atoms with Crippen molar-refractivity contribution >= 4 is 21.6 Å². The maximum atomic E-state index is 13.5. The van der Waals surface area contributed by atoms with E-state index in [1.54, 1.807) is 0 Å². The Morgan fingerprint density at radius 3 is 2.63 bits per heavy atom. The number of nitrogens with zero attached hydrogens (tertiary/aromatic N) is 1. The molecule has 0 amide bonds. The first-order chi connectivity index (χ1) is 12.5. The number of nitrogens with one attached hydrogen (secondary N) is 1. The van der Waals surface area contributed by atoms with Crippen molar-refractivity contribution in [2.24, 2.45) is 11.1 Å². The zero-order valence-corrected chi connectivity index (χ0v) is 15.7. The average molecular weight is 424 g/mol. The number of alkyl halides is 2. The molecular weight excluding hydrogens is 407 g/mol. The van der Waals surface area contributed by atoms with E-state index in [0.29, 0.717) is 5.56 Å². The Kier molecular flexibility index (Phi) is 5.28. The second-order valence-electron chi connectivity index (χ2n) is 6.61. The van der Waals surface area contributed by atoms with Gasteiger partial charge in [0, 0.05) is 12.8 Å². The first-order valence-electron chi connectivity index (χ1n) is 8.00. The zero-order chi connectivity index (χ0) is 20.0. The summed E-state index contributed by atoms with van der Waals surface area (Å²) in [5.41, 5.74) is 0.590. The first-order valence-corrected chi connectivity index (χ1v) is 9.92. The molecule has 27 heavy (non-hydrogen) atoms. The number of rotatable bonds is 6. The van der Waals surface area contributed by atoms with E-state index >= 15 is 0 Å². The van der Waals surface area contributed by atoms with Crippen molar-refractivity contribution < 1.29 is 26.3 Å². The van der Waals surface area contributed by atoms with E-state index in [0.717, 1.165) is 6.07 Å².